The van der Waals surface area contributed by atoms with E-state index in [1.807, 2.05) is 0 Å². The lowest BCUT2D eigenvalue weighted by molar-refractivity contribution is -0.116. The highest BCUT2D eigenvalue weighted by atomic mass is 19.1. The van der Waals surface area contributed by atoms with Crippen LogP contribution in [0.2, 0.25) is 0 Å². The number of benzene rings is 2. The van der Waals surface area contributed by atoms with Crippen molar-refractivity contribution in [3.05, 3.63) is 65.2 Å². The first-order valence-corrected chi connectivity index (χ1v) is 7.30. The number of rotatable bonds is 6. The van der Waals surface area contributed by atoms with E-state index in [0.717, 1.165) is 12.1 Å². The van der Waals surface area contributed by atoms with Gasteiger partial charge in [0, 0.05) is 19.0 Å². The van der Waals surface area contributed by atoms with Crippen LogP contribution in [0.25, 0.3) is 0 Å². The molecule has 0 bridgehead atoms. The average molecular weight is 347 g/mol. The van der Waals surface area contributed by atoms with Crippen molar-refractivity contribution < 1.29 is 23.2 Å². The van der Waals surface area contributed by atoms with Crippen LogP contribution in [-0.2, 0) is 4.79 Å². The molecule has 4 N–H and O–H groups in total. The normalized spacial score (nSPS) is 10.2. The van der Waals surface area contributed by atoms with E-state index in [9.17, 15) is 23.2 Å². The number of nitrogens with two attached hydrogens (primary N) is 1. The highest BCUT2D eigenvalue weighted by molar-refractivity contribution is 6.03. The largest absolute Gasteiger partial charge is 0.366 e. The first-order valence-electron chi connectivity index (χ1n) is 7.30. The van der Waals surface area contributed by atoms with Crippen molar-refractivity contribution in [1.29, 1.82) is 0 Å². The number of halogens is 2. The maximum absolute atomic E-state index is 13.5. The summed E-state index contributed by atoms with van der Waals surface area (Å²) in [7, 11) is 0. The van der Waals surface area contributed by atoms with Gasteiger partial charge in [-0.25, -0.2) is 8.78 Å². The molecule has 0 saturated heterocycles. The molecule has 0 aliphatic rings. The first-order chi connectivity index (χ1) is 11.9. The number of carbonyl (C=O) groups is 3. The average Bonchev–Trinajstić information content (AvgIpc) is 2.54. The van der Waals surface area contributed by atoms with Gasteiger partial charge in [0.25, 0.3) is 11.8 Å². The van der Waals surface area contributed by atoms with Crippen molar-refractivity contribution in [2.45, 2.75) is 6.42 Å². The molecule has 0 spiro atoms. The molecule has 0 heterocycles. The van der Waals surface area contributed by atoms with Gasteiger partial charge in [0.15, 0.2) is 0 Å². The van der Waals surface area contributed by atoms with Crippen LogP contribution in [-0.4, -0.2) is 24.3 Å². The summed E-state index contributed by atoms with van der Waals surface area (Å²) < 4.78 is 26.3. The van der Waals surface area contributed by atoms with Crippen molar-refractivity contribution in [1.82, 2.24) is 5.32 Å². The molecule has 0 aromatic heterocycles. The van der Waals surface area contributed by atoms with Gasteiger partial charge in [-0.05, 0) is 24.3 Å². The predicted octanol–water partition coefficient (Wildman–Crippen LogP) is 1.82. The van der Waals surface area contributed by atoms with Crippen molar-refractivity contribution >= 4 is 23.4 Å². The SMILES string of the molecule is NC(=O)c1ccccc1NC(=O)CCNC(=O)c1ccc(F)cc1F. The standard InChI is InChI=1S/C17H15F2N3O3/c18-10-5-6-11(13(19)9-10)17(25)21-8-7-15(23)22-14-4-2-1-3-12(14)16(20)24/h1-6,9H,7-8H2,(H2,20,24)(H,21,25)(H,22,23). The summed E-state index contributed by atoms with van der Waals surface area (Å²) in [5.74, 6) is -3.69. The zero-order valence-corrected chi connectivity index (χ0v) is 13.0. The smallest absolute Gasteiger partial charge is 0.254 e. The lowest BCUT2D eigenvalue weighted by Crippen LogP contribution is -2.28. The third-order valence-corrected chi connectivity index (χ3v) is 3.28. The van der Waals surface area contributed by atoms with Gasteiger partial charge in [-0.1, -0.05) is 12.1 Å². The number of para-hydroxylation sites is 1. The first kappa shape index (κ1) is 18.1. The molecule has 2 aromatic rings. The van der Waals surface area contributed by atoms with Crippen molar-refractivity contribution in [2.75, 3.05) is 11.9 Å². The summed E-state index contributed by atoms with van der Waals surface area (Å²) >= 11 is 0. The second kappa shape index (κ2) is 8.00. The zero-order chi connectivity index (χ0) is 18.4. The predicted molar refractivity (Wildman–Crippen MR) is 86.9 cm³/mol. The number of hydrogen-bond acceptors (Lipinski definition) is 3. The molecule has 0 aliphatic carbocycles. The Morgan fingerprint density at radius 1 is 1.00 bits per heavy atom. The van der Waals surface area contributed by atoms with Crippen LogP contribution in [0.1, 0.15) is 27.1 Å². The van der Waals surface area contributed by atoms with Gasteiger partial charge >= 0.3 is 0 Å². The van der Waals surface area contributed by atoms with Crippen LogP contribution in [0, 0.1) is 11.6 Å². The van der Waals surface area contributed by atoms with Crippen LogP contribution in [0.15, 0.2) is 42.5 Å². The third kappa shape index (κ3) is 4.84. The van der Waals surface area contributed by atoms with Crippen LogP contribution < -0.4 is 16.4 Å². The van der Waals surface area contributed by atoms with Crippen LogP contribution >= 0.6 is 0 Å². The number of anilines is 1. The number of nitrogens with one attached hydrogen (secondary N) is 2. The molecule has 2 aromatic carbocycles. The Balaban J connectivity index is 1.88. The van der Waals surface area contributed by atoms with Crippen LogP contribution in [0.5, 0.6) is 0 Å². The van der Waals surface area contributed by atoms with Gasteiger partial charge in [0.1, 0.15) is 11.6 Å². The fourth-order valence-corrected chi connectivity index (χ4v) is 2.08. The van der Waals surface area contributed by atoms with Crippen molar-refractivity contribution in [3.8, 4) is 0 Å². The minimum absolute atomic E-state index is 0.0692. The number of carbonyl (C=O) groups excluding carboxylic acids is 3. The molecular formula is C17H15F2N3O3. The quantitative estimate of drug-likeness (QED) is 0.743. The number of amides is 3. The monoisotopic (exact) mass is 347 g/mol. The topological polar surface area (TPSA) is 101 Å². The molecule has 2 rings (SSSR count). The summed E-state index contributed by atoms with van der Waals surface area (Å²) in [6.45, 7) is -0.0692. The van der Waals surface area contributed by atoms with E-state index < -0.39 is 29.4 Å². The zero-order valence-electron chi connectivity index (χ0n) is 13.0. The summed E-state index contributed by atoms with van der Waals surface area (Å²) in [6, 6.07) is 8.80. The van der Waals surface area contributed by atoms with E-state index >= 15 is 0 Å². The molecule has 130 valence electrons. The summed E-state index contributed by atoms with van der Waals surface area (Å²) in [4.78, 5) is 34.9. The van der Waals surface area contributed by atoms with Gasteiger partial charge in [-0.2, -0.15) is 0 Å². The van der Waals surface area contributed by atoms with Gasteiger partial charge in [-0.3, -0.25) is 14.4 Å². The second-order valence-corrected chi connectivity index (χ2v) is 5.09. The van der Waals surface area contributed by atoms with E-state index in [1.165, 1.54) is 12.1 Å². The Bertz CT molecular complexity index is 825. The Labute approximate surface area is 142 Å². The van der Waals surface area contributed by atoms with E-state index in [4.69, 9.17) is 5.73 Å². The van der Waals surface area contributed by atoms with Crippen LogP contribution in [0.3, 0.4) is 0 Å². The van der Waals surface area contributed by atoms with E-state index in [0.29, 0.717) is 6.07 Å². The lowest BCUT2D eigenvalue weighted by Gasteiger charge is -2.09. The maximum Gasteiger partial charge on any atom is 0.254 e. The summed E-state index contributed by atoms with van der Waals surface area (Å²) in [5.41, 5.74) is 5.31. The van der Waals surface area contributed by atoms with E-state index in [1.54, 1.807) is 12.1 Å². The second-order valence-electron chi connectivity index (χ2n) is 5.09. The molecule has 0 atom stereocenters. The molecule has 8 heteroatoms. The van der Waals surface area contributed by atoms with Crippen LogP contribution in [0.4, 0.5) is 14.5 Å². The summed E-state index contributed by atoms with van der Waals surface area (Å²) in [5, 5.41) is 4.87. The fraction of sp³-hybridized carbons (Fsp3) is 0.118. The molecule has 6 nitrogen and oxygen atoms in total. The van der Waals surface area contributed by atoms with Gasteiger partial charge in [0.2, 0.25) is 5.91 Å². The van der Waals surface area contributed by atoms with Crippen molar-refractivity contribution in [2.24, 2.45) is 5.73 Å². The highest BCUT2D eigenvalue weighted by Gasteiger charge is 2.13. The molecule has 0 radical (unpaired) electrons. The molecule has 25 heavy (non-hydrogen) atoms. The molecule has 3 amide bonds. The fourth-order valence-electron chi connectivity index (χ4n) is 2.08. The number of hydrogen-bond donors (Lipinski definition) is 3. The molecule has 0 unspecified atom stereocenters. The molecule has 0 fully saturated rings. The number of primary amides is 1. The third-order valence-electron chi connectivity index (χ3n) is 3.28. The Hall–Kier alpha value is -3.29. The Kier molecular flexibility index (Phi) is 5.78. The van der Waals surface area contributed by atoms with E-state index in [2.05, 4.69) is 10.6 Å². The molecule has 0 aliphatic heterocycles. The van der Waals surface area contributed by atoms with Gasteiger partial charge in [0.05, 0.1) is 16.8 Å². The Morgan fingerprint density at radius 3 is 2.40 bits per heavy atom. The van der Waals surface area contributed by atoms with E-state index in [-0.39, 0.29) is 29.8 Å². The van der Waals surface area contributed by atoms with Crippen molar-refractivity contribution in [3.63, 3.8) is 0 Å². The maximum atomic E-state index is 13.5. The van der Waals surface area contributed by atoms with Gasteiger partial charge < -0.3 is 16.4 Å². The van der Waals surface area contributed by atoms with Gasteiger partial charge in [-0.15, -0.1) is 0 Å². The minimum atomic E-state index is -0.989. The minimum Gasteiger partial charge on any atom is -0.366 e. The lowest BCUT2D eigenvalue weighted by atomic mass is 10.1. The Morgan fingerprint density at radius 2 is 1.72 bits per heavy atom. The summed E-state index contributed by atoms with van der Waals surface area (Å²) in [6.07, 6.45) is -0.109. The molecular weight excluding hydrogens is 332 g/mol. The highest BCUT2D eigenvalue weighted by Crippen LogP contribution is 2.14. The molecule has 0 saturated carbocycles.